The highest BCUT2D eigenvalue weighted by atomic mass is 35.5. The molecule has 1 N–H and O–H groups in total. The lowest BCUT2D eigenvalue weighted by molar-refractivity contribution is 0.0596. The summed E-state index contributed by atoms with van der Waals surface area (Å²) < 4.78 is 32.0. The molecular weight excluding hydrogens is 387 g/mol. The quantitative estimate of drug-likeness (QED) is 0.729. The fourth-order valence-electron chi connectivity index (χ4n) is 2.83. The Hall–Kier alpha value is -0.860. The average Bonchev–Trinajstić information content (AvgIpc) is 2.59. The van der Waals surface area contributed by atoms with Crippen molar-refractivity contribution in [3.05, 3.63) is 28.8 Å². The summed E-state index contributed by atoms with van der Waals surface area (Å²) in [6.45, 7) is 4.72. The molecule has 1 heterocycles. The maximum atomic E-state index is 12.9. The third-order valence-electron chi connectivity index (χ3n) is 4.22. The molecule has 0 unspecified atom stereocenters. The van der Waals surface area contributed by atoms with Crippen LogP contribution in [0, 0.1) is 5.92 Å². The molecular formula is C16H24Cl2N2O4S. The molecule has 0 saturated carbocycles. The van der Waals surface area contributed by atoms with Gasteiger partial charge in [-0.05, 0) is 50.0 Å². The van der Waals surface area contributed by atoms with Crippen LogP contribution in [0.1, 0.15) is 30.1 Å². The molecule has 1 aromatic rings. The molecule has 142 valence electrons. The molecule has 1 fully saturated rings. The molecule has 9 heteroatoms. The molecule has 25 heavy (non-hydrogen) atoms. The predicted octanol–water partition coefficient (Wildman–Crippen LogP) is 2.56. The van der Waals surface area contributed by atoms with Gasteiger partial charge in [-0.3, -0.25) is 0 Å². The fourth-order valence-corrected chi connectivity index (χ4v) is 4.74. The predicted molar refractivity (Wildman–Crippen MR) is 100 cm³/mol. The van der Waals surface area contributed by atoms with Crippen molar-refractivity contribution in [3.8, 4) is 0 Å². The zero-order valence-corrected chi connectivity index (χ0v) is 16.7. The Balaban J connectivity index is 0.00000312. The Kier molecular flexibility index (Phi) is 8.63. The first-order chi connectivity index (χ1) is 11.4. The zero-order valence-electron chi connectivity index (χ0n) is 14.3. The lowest BCUT2D eigenvalue weighted by Crippen LogP contribution is -2.41. The number of hydrogen-bond donors (Lipinski definition) is 1. The van der Waals surface area contributed by atoms with Crippen LogP contribution in [0.15, 0.2) is 23.1 Å². The number of carbonyl (C=O) groups excluding carboxylic acids is 1. The zero-order chi connectivity index (χ0) is 17.7. The van der Waals surface area contributed by atoms with E-state index in [0.29, 0.717) is 19.0 Å². The topological polar surface area (TPSA) is 75.7 Å². The summed E-state index contributed by atoms with van der Waals surface area (Å²) >= 11 is 5.95. The molecule has 0 aliphatic carbocycles. The molecule has 0 bridgehead atoms. The molecule has 1 aromatic carbocycles. The molecule has 0 amide bonds. The summed E-state index contributed by atoms with van der Waals surface area (Å²) in [7, 11) is -2.56. The van der Waals surface area contributed by atoms with Crippen LogP contribution in [0.2, 0.25) is 5.02 Å². The van der Waals surface area contributed by atoms with Crippen molar-refractivity contribution in [2.75, 3.05) is 33.3 Å². The molecule has 0 atom stereocenters. The number of nitrogens with zero attached hydrogens (tertiary/aromatic N) is 1. The molecule has 1 aliphatic heterocycles. The van der Waals surface area contributed by atoms with Crippen LogP contribution in [0.4, 0.5) is 0 Å². The van der Waals surface area contributed by atoms with Crippen molar-refractivity contribution in [3.63, 3.8) is 0 Å². The summed E-state index contributed by atoms with van der Waals surface area (Å²) in [5, 5.41) is 3.56. The lowest BCUT2D eigenvalue weighted by atomic mass is 9.98. The first-order valence-corrected chi connectivity index (χ1v) is 9.80. The van der Waals surface area contributed by atoms with Crippen LogP contribution >= 0.6 is 24.0 Å². The van der Waals surface area contributed by atoms with Crippen molar-refractivity contribution >= 4 is 40.0 Å². The van der Waals surface area contributed by atoms with Gasteiger partial charge >= 0.3 is 5.97 Å². The van der Waals surface area contributed by atoms with Gasteiger partial charge in [0.15, 0.2) is 0 Å². The van der Waals surface area contributed by atoms with E-state index in [-0.39, 0.29) is 27.9 Å². The number of carbonyl (C=O) groups is 1. The number of rotatable bonds is 6. The van der Waals surface area contributed by atoms with E-state index in [2.05, 4.69) is 10.1 Å². The minimum atomic E-state index is -3.79. The van der Waals surface area contributed by atoms with E-state index in [9.17, 15) is 13.2 Å². The first kappa shape index (κ1) is 22.2. The van der Waals surface area contributed by atoms with E-state index in [1.165, 1.54) is 29.6 Å². The van der Waals surface area contributed by atoms with Crippen LogP contribution < -0.4 is 5.32 Å². The molecule has 1 aliphatic rings. The van der Waals surface area contributed by atoms with Crippen molar-refractivity contribution in [1.29, 1.82) is 0 Å². The van der Waals surface area contributed by atoms with Crippen molar-refractivity contribution in [2.24, 2.45) is 5.92 Å². The van der Waals surface area contributed by atoms with Gasteiger partial charge in [0.05, 0.1) is 17.6 Å². The normalized spacial score (nSPS) is 16.3. The SMILES string of the molecule is CCNCC1CCN(S(=O)(=O)c2cc(Cl)ccc2C(=O)OC)CC1.Cl. The summed E-state index contributed by atoms with van der Waals surface area (Å²) in [6.07, 6.45) is 1.58. The van der Waals surface area contributed by atoms with Gasteiger partial charge in [-0.25, -0.2) is 13.2 Å². The average molecular weight is 411 g/mol. The van der Waals surface area contributed by atoms with E-state index < -0.39 is 16.0 Å². The number of piperidine rings is 1. The Labute approximate surface area is 160 Å². The minimum absolute atomic E-state index is 0. The Morgan fingerprint density at radius 3 is 2.56 bits per heavy atom. The van der Waals surface area contributed by atoms with Gasteiger partial charge in [-0.1, -0.05) is 18.5 Å². The Morgan fingerprint density at radius 1 is 1.36 bits per heavy atom. The molecule has 0 aromatic heterocycles. The van der Waals surface area contributed by atoms with Crippen molar-refractivity contribution in [1.82, 2.24) is 9.62 Å². The number of hydrogen-bond acceptors (Lipinski definition) is 5. The number of esters is 1. The molecule has 0 spiro atoms. The fraction of sp³-hybridized carbons (Fsp3) is 0.562. The maximum absolute atomic E-state index is 12.9. The third kappa shape index (κ3) is 5.31. The Bertz CT molecular complexity index is 689. The van der Waals surface area contributed by atoms with Gasteiger partial charge in [-0.15, -0.1) is 12.4 Å². The second kappa shape index (κ2) is 9.73. The van der Waals surface area contributed by atoms with E-state index in [1.807, 2.05) is 6.92 Å². The largest absolute Gasteiger partial charge is 0.465 e. The standard InChI is InChI=1S/C16H23ClN2O4S.ClH/c1-3-18-11-12-6-8-19(9-7-12)24(21,22)15-10-13(17)4-5-14(15)16(20)23-2;/h4-5,10,12,18H,3,6-9,11H2,1-2H3;1H. The number of nitrogens with one attached hydrogen (secondary N) is 1. The Morgan fingerprint density at radius 2 is 2.00 bits per heavy atom. The summed E-state index contributed by atoms with van der Waals surface area (Å²) in [5.74, 6) is -0.219. The van der Waals surface area contributed by atoms with Crippen LogP contribution in [-0.4, -0.2) is 52.0 Å². The molecule has 6 nitrogen and oxygen atoms in total. The second-order valence-corrected chi connectivity index (χ2v) is 8.13. The molecule has 1 saturated heterocycles. The number of sulfonamides is 1. The van der Waals surface area contributed by atoms with E-state index in [4.69, 9.17) is 11.6 Å². The molecule has 0 radical (unpaired) electrons. The summed E-state index contributed by atoms with van der Waals surface area (Å²) in [4.78, 5) is 11.8. The molecule has 2 rings (SSSR count). The van der Waals surface area contributed by atoms with Crippen molar-refractivity contribution in [2.45, 2.75) is 24.7 Å². The van der Waals surface area contributed by atoms with Crippen LogP contribution in [-0.2, 0) is 14.8 Å². The van der Waals surface area contributed by atoms with E-state index in [1.54, 1.807) is 0 Å². The van der Waals surface area contributed by atoms with Gasteiger partial charge < -0.3 is 10.1 Å². The van der Waals surface area contributed by atoms with E-state index in [0.717, 1.165) is 25.9 Å². The maximum Gasteiger partial charge on any atom is 0.339 e. The second-order valence-electron chi connectivity index (χ2n) is 5.79. The van der Waals surface area contributed by atoms with Gasteiger partial charge in [-0.2, -0.15) is 4.31 Å². The van der Waals surface area contributed by atoms with Gasteiger partial charge in [0.1, 0.15) is 0 Å². The highest BCUT2D eigenvalue weighted by molar-refractivity contribution is 7.89. The van der Waals surface area contributed by atoms with Gasteiger partial charge in [0.25, 0.3) is 0 Å². The number of benzene rings is 1. The minimum Gasteiger partial charge on any atom is -0.465 e. The monoisotopic (exact) mass is 410 g/mol. The summed E-state index contributed by atoms with van der Waals surface area (Å²) in [5.41, 5.74) is 0.0108. The smallest absolute Gasteiger partial charge is 0.339 e. The third-order valence-corrected chi connectivity index (χ3v) is 6.40. The summed E-state index contributed by atoms with van der Waals surface area (Å²) in [6, 6.07) is 4.18. The number of ether oxygens (including phenoxy) is 1. The highest BCUT2D eigenvalue weighted by Crippen LogP contribution is 2.28. The first-order valence-electron chi connectivity index (χ1n) is 7.98. The van der Waals surface area contributed by atoms with Crippen LogP contribution in [0.25, 0.3) is 0 Å². The van der Waals surface area contributed by atoms with E-state index >= 15 is 0 Å². The van der Waals surface area contributed by atoms with Crippen LogP contribution in [0.5, 0.6) is 0 Å². The lowest BCUT2D eigenvalue weighted by Gasteiger charge is -2.31. The van der Waals surface area contributed by atoms with Gasteiger partial charge in [0.2, 0.25) is 10.0 Å². The van der Waals surface area contributed by atoms with Crippen LogP contribution in [0.3, 0.4) is 0 Å². The highest BCUT2D eigenvalue weighted by Gasteiger charge is 2.32. The van der Waals surface area contributed by atoms with Crippen molar-refractivity contribution < 1.29 is 17.9 Å². The van der Waals surface area contributed by atoms with Gasteiger partial charge in [0, 0.05) is 18.1 Å². The number of halogens is 2. The number of methoxy groups -OCH3 is 1.